The van der Waals surface area contributed by atoms with E-state index in [4.69, 9.17) is 0 Å². The number of nitrogens with zero attached hydrogens (tertiary/aromatic N) is 2. The molecule has 1 N–H and O–H groups in total. The van der Waals surface area contributed by atoms with Crippen molar-refractivity contribution in [3.8, 4) is 5.75 Å². The van der Waals surface area contributed by atoms with E-state index < -0.39 is 0 Å². The maximum Gasteiger partial charge on any atom is 0.102 e. The lowest BCUT2D eigenvalue weighted by Gasteiger charge is -2.32. The first kappa shape index (κ1) is 14.8. The Morgan fingerprint density at radius 1 is 1.38 bits per heavy atom. The summed E-state index contributed by atoms with van der Waals surface area (Å²) in [4.78, 5) is 8.20. The maximum absolute atomic E-state index is 12.6. The average molecular weight is 350 g/mol. The van der Waals surface area contributed by atoms with Crippen LogP contribution in [0.25, 0.3) is 10.9 Å². The molecule has 1 saturated heterocycles. The van der Waals surface area contributed by atoms with Gasteiger partial charge in [0.25, 0.3) is 0 Å². The highest BCUT2D eigenvalue weighted by Gasteiger charge is 2.19. The van der Waals surface area contributed by atoms with Crippen LogP contribution >= 0.6 is 15.9 Å². The molecule has 1 aromatic carbocycles. The summed E-state index contributed by atoms with van der Waals surface area (Å²) in [5.74, 6) is 0.0826. The van der Waals surface area contributed by atoms with Crippen LogP contribution in [0, 0.1) is 0 Å². The highest BCUT2D eigenvalue weighted by atomic mass is 79.9. The number of likely N-dealkylation sites (N-methyl/N-ethyl adjacent to an activating group) is 1. The molecule has 2 aromatic rings. The molecule has 21 heavy (non-hydrogen) atoms. The summed E-state index contributed by atoms with van der Waals surface area (Å²) < 4.78 is 0.965. The van der Waals surface area contributed by atoms with Crippen LogP contribution in [0.4, 0.5) is 0 Å². The smallest absolute Gasteiger partial charge is 0.102 e. The van der Waals surface area contributed by atoms with Gasteiger partial charge >= 0.3 is 0 Å². The Hall–Kier alpha value is -1.17. The Balaban J connectivity index is 1.83. The predicted octanol–water partition coefficient (Wildman–Crippen LogP) is 0.791. The van der Waals surface area contributed by atoms with Crippen molar-refractivity contribution in [3.63, 3.8) is 0 Å². The molecular formula is C16H20BrN3O. The van der Waals surface area contributed by atoms with Gasteiger partial charge in [-0.25, -0.2) is 0 Å². The molecule has 1 aliphatic heterocycles. The third-order valence-corrected chi connectivity index (χ3v) is 4.98. The quantitative estimate of drug-likeness (QED) is 0.890. The van der Waals surface area contributed by atoms with Crippen LogP contribution in [0.5, 0.6) is 5.75 Å². The second kappa shape index (κ2) is 6.30. The Bertz CT molecular complexity index is 639. The van der Waals surface area contributed by atoms with Gasteiger partial charge in [0.2, 0.25) is 0 Å². The van der Waals surface area contributed by atoms with E-state index in [1.54, 1.807) is 6.20 Å². The summed E-state index contributed by atoms with van der Waals surface area (Å²) in [5, 5.41) is 13.5. The van der Waals surface area contributed by atoms with E-state index >= 15 is 0 Å². The first-order valence-corrected chi connectivity index (χ1v) is 8.27. The van der Waals surface area contributed by atoms with Gasteiger partial charge in [-0.1, -0.05) is 34.7 Å². The zero-order valence-corrected chi connectivity index (χ0v) is 13.8. The number of piperazine rings is 1. The molecule has 5 heteroatoms. The van der Waals surface area contributed by atoms with Crippen molar-refractivity contribution in [1.82, 2.24) is 9.88 Å². The maximum atomic E-state index is 12.6. The number of fused-ring (bicyclic) bond motifs is 1. The van der Waals surface area contributed by atoms with Crippen LogP contribution in [0.1, 0.15) is 12.5 Å². The number of benzene rings is 1. The number of hydrogen-bond donors (Lipinski definition) is 1. The normalized spacial score (nSPS) is 17.4. The first-order valence-electron chi connectivity index (χ1n) is 7.48. The second-order valence-electron chi connectivity index (χ2n) is 5.61. The number of quaternary nitrogens is 1. The molecule has 2 heterocycles. The van der Waals surface area contributed by atoms with Crippen molar-refractivity contribution >= 4 is 26.8 Å². The van der Waals surface area contributed by atoms with E-state index in [-0.39, 0.29) is 5.75 Å². The third kappa shape index (κ3) is 3.05. The van der Waals surface area contributed by atoms with Gasteiger partial charge in [0, 0.05) is 34.7 Å². The lowest BCUT2D eigenvalue weighted by atomic mass is 10.1. The summed E-state index contributed by atoms with van der Waals surface area (Å²) >= 11 is 3.57. The lowest BCUT2D eigenvalue weighted by Crippen LogP contribution is -3.13. The summed E-state index contributed by atoms with van der Waals surface area (Å²) in [6.45, 7) is 8.55. The Labute approximate surface area is 133 Å². The summed E-state index contributed by atoms with van der Waals surface area (Å²) in [6.07, 6.45) is 1.69. The standard InChI is InChI=1S/C16H20BrN3O/c1-2-19-6-8-20(9-7-19)11-12-10-14(17)13-4-3-5-18-15(13)16(12)21/h3-5,10,21H,2,6-9,11H2,1H3. The molecule has 112 valence electrons. The van der Waals surface area contributed by atoms with Gasteiger partial charge in [0.15, 0.2) is 0 Å². The van der Waals surface area contributed by atoms with E-state index in [1.807, 2.05) is 18.2 Å². The van der Waals surface area contributed by atoms with Crippen LogP contribution in [0.2, 0.25) is 0 Å². The van der Waals surface area contributed by atoms with Crippen molar-refractivity contribution in [1.29, 1.82) is 0 Å². The molecule has 3 rings (SSSR count). The highest BCUT2D eigenvalue weighted by molar-refractivity contribution is 9.10. The minimum absolute atomic E-state index is 0.0826. The van der Waals surface area contributed by atoms with Gasteiger partial charge in [-0.15, -0.1) is 0 Å². The van der Waals surface area contributed by atoms with E-state index in [0.717, 1.165) is 54.7 Å². The van der Waals surface area contributed by atoms with Gasteiger partial charge in [0.1, 0.15) is 6.54 Å². The van der Waals surface area contributed by atoms with Gasteiger partial charge in [-0.05, 0) is 18.7 Å². The van der Waals surface area contributed by atoms with Crippen molar-refractivity contribution < 1.29 is 10.0 Å². The monoisotopic (exact) mass is 349 g/mol. The fourth-order valence-electron chi connectivity index (χ4n) is 2.99. The summed E-state index contributed by atoms with van der Waals surface area (Å²) in [5.41, 5.74) is 1.45. The molecule has 0 spiro atoms. The van der Waals surface area contributed by atoms with Gasteiger partial charge in [-0.2, -0.15) is 0 Å². The molecule has 1 fully saturated rings. The van der Waals surface area contributed by atoms with Crippen LogP contribution < -0.4 is 10.0 Å². The van der Waals surface area contributed by atoms with Gasteiger partial charge in [0.05, 0.1) is 18.6 Å². The fraction of sp³-hybridized carbons (Fsp3) is 0.438. The number of rotatable bonds is 3. The van der Waals surface area contributed by atoms with E-state index in [2.05, 4.69) is 32.7 Å². The first-order chi connectivity index (χ1) is 10.2. The molecular weight excluding hydrogens is 330 g/mol. The number of pyridine rings is 1. The average Bonchev–Trinajstić information content (AvgIpc) is 2.53. The molecule has 0 atom stereocenters. The zero-order valence-electron chi connectivity index (χ0n) is 12.2. The molecule has 0 amide bonds. The largest absolute Gasteiger partial charge is 0.871 e. The van der Waals surface area contributed by atoms with Crippen molar-refractivity contribution in [2.45, 2.75) is 13.5 Å². The number of nitrogens with one attached hydrogen (secondary N) is 1. The zero-order chi connectivity index (χ0) is 14.8. The molecule has 0 saturated carbocycles. The summed E-state index contributed by atoms with van der Waals surface area (Å²) in [6, 6.07) is 5.78. The molecule has 0 radical (unpaired) electrons. The van der Waals surface area contributed by atoms with Crippen LogP contribution in [0.15, 0.2) is 28.9 Å². The van der Waals surface area contributed by atoms with E-state index in [9.17, 15) is 5.11 Å². The van der Waals surface area contributed by atoms with Crippen LogP contribution in [0.3, 0.4) is 0 Å². The number of aromatic nitrogens is 1. The SMILES string of the molecule is CCN1CC[NH+](Cc2cc(Br)c3cccnc3c2[O-])CC1. The predicted molar refractivity (Wildman–Crippen MR) is 85.4 cm³/mol. The fourth-order valence-corrected chi connectivity index (χ4v) is 3.59. The van der Waals surface area contributed by atoms with E-state index in [1.165, 1.54) is 4.90 Å². The minimum Gasteiger partial charge on any atom is -0.871 e. The molecule has 4 nitrogen and oxygen atoms in total. The topological polar surface area (TPSA) is 43.6 Å². The van der Waals surface area contributed by atoms with E-state index in [0.29, 0.717) is 5.52 Å². The minimum atomic E-state index is 0.0826. The summed E-state index contributed by atoms with van der Waals surface area (Å²) in [7, 11) is 0. The second-order valence-corrected chi connectivity index (χ2v) is 6.46. The van der Waals surface area contributed by atoms with Gasteiger partial charge < -0.3 is 10.0 Å². The molecule has 1 aliphatic rings. The molecule has 0 aliphatic carbocycles. The highest BCUT2D eigenvalue weighted by Crippen LogP contribution is 2.30. The molecule has 0 unspecified atom stereocenters. The Morgan fingerprint density at radius 3 is 2.86 bits per heavy atom. The number of hydrogen-bond acceptors (Lipinski definition) is 3. The van der Waals surface area contributed by atoms with Crippen molar-refractivity contribution in [2.75, 3.05) is 32.7 Å². The Morgan fingerprint density at radius 2 is 2.14 bits per heavy atom. The lowest BCUT2D eigenvalue weighted by molar-refractivity contribution is -0.918. The third-order valence-electron chi connectivity index (χ3n) is 4.32. The van der Waals surface area contributed by atoms with Crippen molar-refractivity contribution in [3.05, 3.63) is 34.4 Å². The molecule has 1 aromatic heterocycles. The number of halogens is 1. The van der Waals surface area contributed by atoms with Crippen LogP contribution in [-0.2, 0) is 6.54 Å². The van der Waals surface area contributed by atoms with Gasteiger partial charge in [-0.3, -0.25) is 9.88 Å². The Kier molecular flexibility index (Phi) is 4.42. The van der Waals surface area contributed by atoms with Crippen LogP contribution in [-0.4, -0.2) is 42.6 Å². The van der Waals surface area contributed by atoms with Crippen molar-refractivity contribution in [2.24, 2.45) is 0 Å². The molecule has 0 bridgehead atoms.